The summed E-state index contributed by atoms with van der Waals surface area (Å²) in [6, 6.07) is 5.52. The van der Waals surface area contributed by atoms with Crippen molar-refractivity contribution in [3.63, 3.8) is 0 Å². The van der Waals surface area contributed by atoms with Crippen molar-refractivity contribution >= 4 is 21.5 Å². The SMILES string of the molecule is Cc1cccc([N+](=O)[O-])c1S(=O)(=O)Oc1cc(F)ccc1[N+](=O)[O-]. The highest BCUT2D eigenvalue weighted by molar-refractivity contribution is 7.87. The first-order valence-electron chi connectivity index (χ1n) is 6.26. The molecule has 0 aliphatic heterocycles. The van der Waals surface area contributed by atoms with Gasteiger partial charge < -0.3 is 4.18 Å². The van der Waals surface area contributed by atoms with E-state index in [-0.39, 0.29) is 5.56 Å². The molecule has 0 radical (unpaired) electrons. The van der Waals surface area contributed by atoms with E-state index in [1.54, 1.807) is 0 Å². The molecule has 0 spiro atoms. The van der Waals surface area contributed by atoms with Crippen LogP contribution in [-0.2, 0) is 10.1 Å². The predicted octanol–water partition coefficient (Wildman–Crippen LogP) is 2.72. The molecule has 0 aromatic heterocycles. The van der Waals surface area contributed by atoms with E-state index in [1.807, 2.05) is 0 Å². The zero-order valence-corrected chi connectivity index (χ0v) is 12.8. The van der Waals surface area contributed by atoms with Crippen molar-refractivity contribution in [3.8, 4) is 5.75 Å². The standard InChI is InChI=1S/C13H9FN2O7S/c1-8-3-2-4-11(16(19)20)13(8)24(21,22)23-12-7-9(14)5-6-10(12)15(17)18/h2-7H,1H3. The summed E-state index contributed by atoms with van der Waals surface area (Å²) >= 11 is 0. The molecule has 0 saturated heterocycles. The fourth-order valence-corrected chi connectivity index (χ4v) is 3.29. The Bertz CT molecular complexity index is 943. The second kappa shape index (κ2) is 6.20. The molecule has 0 atom stereocenters. The van der Waals surface area contributed by atoms with Crippen LogP contribution in [0.15, 0.2) is 41.3 Å². The summed E-state index contributed by atoms with van der Waals surface area (Å²) < 4.78 is 42.6. The van der Waals surface area contributed by atoms with E-state index in [2.05, 4.69) is 4.18 Å². The van der Waals surface area contributed by atoms with E-state index in [9.17, 15) is 33.0 Å². The normalized spacial score (nSPS) is 11.1. The lowest BCUT2D eigenvalue weighted by Gasteiger charge is -2.10. The number of benzene rings is 2. The Hall–Kier alpha value is -3.08. The first-order valence-corrected chi connectivity index (χ1v) is 7.67. The van der Waals surface area contributed by atoms with E-state index in [1.165, 1.54) is 19.1 Å². The van der Waals surface area contributed by atoms with Crippen LogP contribution in [0, 0.1) is 33.0 Å². The van der Waals surface area contributed by atoms with E-state index >= 15 is 0 Å². The maximum absolute atomic E-state index is 13.3. The van der Waals surface area contributed by atoms with Gasteiger partial charge in [-0.2, -0.15) is 8.42 Å². The van der Waals surface area contributed by atoms with E-state index in [0.29, 0.717) is 6.07 Å². The first-order chi connectivity index (χ1) is 11.1. The zero-order valence-electron chi connectivity index (χ0n) is 12.0. The molecular formula is C13H9FN2O7S. The summed E-state index contributed by atoms with van der Waals surface area (Å²) in [6.07, 6.45) is 0. The van der Waals surface area contributed by atoms with Crippen molar-refractivity contribution in [1.82, 2.24) is 0 Å². The Morgan fingerprint density at radius 3 is 2.25 bits per heavy atom. The second-order valence-electron chi connectivity index (χ2n) is 4.59. The molecular weight excluding hydrogens is 347 g/mol. The molecule has 126 valence electrons. The monoisotopic (exact) mass is 356 g/mol. The quantitative estimate of drug-likeness (QED) is 0.457. The number of aryl methyl sites for hydroxylation is 1. The third-order valence-corrected chi connectivity index (χ3v) is 4.39. The Labute approximate surface area is 134 Å². The molecule has 2 rings (SSSR count). The second-order valence-corrected chi connectivity index (χ2v) is 6.07. The minimum atomic E-state index is -4.81. The average Bonchev–Trinajstić information content (AvgIpc) is 2.45. The lowest BCUT2D eigenvalue weighted by Crippen LogP contribution is -2.14. The van der Waals surface area contributed by atoms with Crippen molar-refractivity contribution in [2.75, 3.05) is 0 Å². The Morgan fingerprint density at radius 1 is 1.04 bits per heavy atom. The molecule has 0 N–H and O–H groups in total. The molecule has 0 amide bonds. The van der Waals surface area contributed by atoms with Crippen LogP contribution in [0.4, 0.5) is 15.8 Å². The molecule has 11 heteroatoms. The van der Waals surface area contributed by atoms with E-state index in [4.69, 9.17) is 0 Å². The van der Waals surface area contributed by atoms with Crippen LogP contribution in [0.1, 0.15) is 5.56 Å². The Morgan fingerprint density at radius 2 is 1.67 bits per heavy atom. The molecule has 0 unspecified atom stereocenters. The van der Waals surface area contributed by atoms with Crippen LogP contribution >= 0.6 is 0 Å². The third kappa shape index (κ3) is 3.30. The number of halogens is 1. The smallest absolute Gasteiger partial charge is 0.346 e. The van der Waals surface area contributed by atoms with Crippen LogP contribution < -0.4 is 4.18 Å². The highest BCUT2D eigenvalue weighted by atomic mass is 32.2. The van der Waals surface area contributed by atoms with Gasteiger partial charge in [-0.05, 0) is 18.6 Å². The van der Waals surface area contributed by atoms with Crippen LogP contribution in [0.3, 0.4) is 0 Å². The van der Waals surface area contributed by atoms with Gasteiger partial charge in [0.2, 0.25) is 5.75 Å². The molecule has 9 nitrogen and oxygen atoms in total. The van der Waals surface area contributed by atoms with Crippen LogP contribution in [-0.4, -0.2) is 18.3 Å². The summed E-state index contributed by atoms with van der Waals surface area (Å²) in [5, 5.41) is 21.9. The molecule has 0 fully saturated rings. The van der Waals surface area contributed by atoms with E-state index in [0.717, 1.165) is 18.2 Å². The molecule has 24 heavy (non-hydrogen) atoms. The van der Waals surface area contributed by atoms with Gasteiger partial charge >= 0.3 is 15.8 Å². The number of nitro benzene ring substituents is 2. The van der Waals surface area contributed by atoms with Gasteiger partial charge in [0, 0.05) is 18.2 Å². The van der Waals surface area contributed by atoms with Crippen LogP contribution in [0.2, 0.25) is 0 Å². The molecule has 0 heterocycles. The molecule has 0 aliphatic carbocycles. The Kier molecular flexibility index (Phi) is 4.46. The predicted molar refractivity (Wildman–Crippen MR) is 78.7 cm³/mol. The van der Waals surface area contributed by atoms with Crippen molar-refractivity contribution < 1.29 is 26.8 Å². The molecule has 2 aromatic rings. The van der Waals surface area contributed by atoms with Gasteiger partial charge in [0.25, 0.3) is 5.69 Å². The molecule has 2 aromatic carbocycles. The zero-order chi connectivity index (χ0) is 18.1. The number of hydrogen-bond donors (Lipinski definition) is 0. The third-order valence-electron chi connectivity index (χ3n) is 2.96. The van der Waals surface area contributed by atoms with Crippen molar-refractivity contribution in [2.24, 2.45) is 0 Å². The summed E-state index contributed by atoms with van der Waals surface area (Å²) in [7, 11) is -4.81. The summed E-state index contributed by atoms with van der Waals surface area (Å²) in [4.78, 5) is 19.3. The van der Waals surface area contributed by atoms with Crippen molar-refractivity contribution in [2.45, 2.75) is 11.8 Å². The van der Waals surface area contributed by atoms with Gasteiger partial charge in [-0.15, -0.1) is 0 Å². The van der Waals surface area contributed by atoms with Gasteiger partial charge in [0.05, 0.1) is 9.85 Å². The van der Waals surface area contributed by atoms with Gasteiger partial charge in [0.1, 0.15) is 5.82 Å². The molecule has 0 aliphatic rings. The summed E-state index contributed by atoms with van der Waals surface area (Å²) in [5.74, 6) is -1.84. The highest BCUT2D eigenvalue weighted by Crippen LogP contribution is 2.33. The number of nitrogens with zero attached hydrogens (tertiary/aromatic N) is 2. The topological polar surface area (TPSA) is 130 Å². The fraction of sp³-hybridized carbons (Fsp3) is 0.0769. The van der Waals surface area contributed by atoms with Gasteiger partial charge in [-0.1, -0.05) is 12.1 Å². The Balaban J connectivity index is 2.61. The minimum Gasteiger partial charge on any atom is -0.371 e. The fourth-order valence-electron chi connectivity index (χ4n) is 1.97. The maximum atomic E-state index is 13.3. The summed E-state index contributed by atoms with van der Waals surface area (Å²) in [5.41, 5.74) is -1.55. The first kappa shape index (κ1) is 17.3. The van der Waals surface area contributed by atoms with E-state index < -0.39 is 47.8 Å². The minimum absolute atomic E-state index is 0.00301. The number of rotatable bonds is 5. The van der Waals surface area contributed by atoms with Gasteiger partial charge in [0.15, 0.2) is 4.90 Å². The lowest BCUT2D eigenvalue weighted by molar-refractivity contribution is -0.388. The maximum Gasteiger partial charge on any atom is 0.346 e. The van der Waals surface area contributed by atoms with Crippen LogP contribution in [0.5, 0.6) is 5.75 Å². The summed E-state index contributed by atoms with van der Waals surface area (Å²) in [6.45, 7) is 1.29. The number of nitro groups is 2. The largest absolute Gasteiger partial charge is 0.371 e. The van der Waals surface area contributed by atoms with Crippen LogP contribution in [0.25, 0.3) is 0 Å². The van der Waals surface area contributed by atoms with Gasteiger partial charge in [-0.3, -0.25) is 20.2 Å². The number of hydrogen-bond acceptors (Lipinski definition) is 7. The van der Waals surface area contributed by atoms with Crippen molar-refractivity contribution in [1.29, 1.82) is 0 Å². The molecule has 0 saturated carbocycles. The highest BCUT2D eigenvalue weighted by Gasteiger charge is 2.32. The molecule has 0 bridgehead atoms. The van der Waals surface area contributed by atoms with Crippen molar-refractivity contribution in [3.05, 3.63) is 68.0 Å². The average molecular weight is 356 g/mol. The van der Waals surface area contributed by atoms with Gasteiger partial charge in [-0.25, -0.2) is 4.39 Å². The lowest BCUT2D eigenvalue weighted by atomic mass is 10.2.